The van der Waals surface area contributed by atoms with E-state index in [4.69, 9.17) is 11.2 Å². The number of rotatable bonds is 4. The van der Waals surface area contributed by atoms with Gasteiger partial charge in [0.2, 0.25) is 0 Å². The largest absolute Gasteiger partial charge is 0.497 e. The van der Waals surface area contributed by atoms with Crippen LogP contribution in [-0.2, 0) is 6.42 Å². The summed E-state index contributed by atoms with van der Waals surface area (Å²) < 4.78 is 5.12. The average Bonchev–Trinajstić information content (AvgIpc) is 2.19. The zero-order valence-corrected chi connectivity index (χ0v) is 7.92. The van der Waals surface area contributed by atoms with E-state index < -0.39 is 0 Å². The van der Waals surface area contributed by atoms with Gasteiger partial charge in [0, 0.05) is 6.42 Å². The van der Waals surface area contributed by atoms with Gasteiger partial charge < -0.3 is 4.74 Å². The van der Waals surface area contributed by atoms with Crippen LogP contribution >= 0.6 is 0 Å². The molecule has 0 saturated carbocycles. The fourth-order valence-corrected chi connectivity index (χ4v) is 1.22. The van der Waals surface area contributed by atoms with E-state index in [1.807, 2.05) is 12.1 Å². The van der Waals surface area contributed by atoms with Crippen molar-refractivity contribution in [3.05, 3.63) is 29.8 Å². The average molecular weight is 174 g/mol. The Labute approximate surface area is 79.7 Å². The molecule has 0 spiro atoms. The van der Waals surface area contributed by atoms with Gasteiger partial charge in [-0.05, 0) is 30.5 Å². The topological polar surface area (TPSA) is 9.23 Å². The van der Waals surface area contributed by atoms with Crippen LogP contribution in [0, 0.1) is 12.3 Å². The zero-order valence-electron chi connectivity index (χ0n) is 7.92. The summed E-state index contributed by atoms with van der Waals surface area (Å²) in [6.45, 7) is 0. The molecular weight excluding hydrogens is 160 g/mol. The third-order valence-electron chi connectivity index (χ3n) is 1.92. The second kappa shape index (κ2) is 5.27. The normalized spacial score (nSPS) is 9.23. The second-order valence-corrected chi connectivity index (χ2v) is 2.91. The molecule has 0 bridgehead atoms. The van der Waals surface area contributed by atoms with Crippen molar-refractivity contribution in [2.45, 2.75) is 19.3 Å². The number of terminal acetylenes is 1. The molecule has 0 heterocycles. The van der Waals surface area contributed by atoms with Gasteiger partial charge in [-0.15, -0.1) is 12.3 Å². The van der Waals surface area contributed by atoms with Crippen molar-refractivity contribution in [1.29, 1.82) is 0 Å². The van der Waals surface area contributed by atoms with Crippen LogP contribution in [0.1, 0.15) is 18.4 Å². The highest BCUT2D eigenvalue weighted by atomic mass is 16.5. The molecule has 0 fully saturated rings. The lowest BCUT2D eigenvalue weighted by Crippen LogP contribution is -1.87. The molecule has 68 valence electrons. The van der Waals surface area contributed by atoms with E-state index >= 15 is 0 Å². The van der Waals surface area contributed by atoms with Crippen LogP contribution in [0.25, 0.3) is 0 Å². The SMILES string of the molecule is C#CCCCc1cccc(OC)c1. The van der Waals surface area contributed by atoms with E-state index in [0.29, 0.717) is 0 Å². The molecule has 0 saturated heterocycles. The van der Waals surface area contributed by atoms with Crippen LogP contribution in [0.5, 0.6) is 5.75 Å². The third kappa shape index (κ3) is 3.21. The van der Waals surface area contributed by atoms with Crippen LogP contribution in [-0.4, -0.2) is 7.11 Å². The molecule has 0 N–H and O–H groups in total. The fraction of sp³-hybridized carbons (Fsp3) is 0.333. The fourth-order valence-electron chi connectivity index (χ4n) is 1.22. The van der Waals surface area contributed by atoms with Crippen molar-refractivity contribution in [2.24, 2.45) is 0 Å². The van der Waals surface area contributed by atoms with Gasteiger partial charge in [0.05, 0.1) is 7.11 Å². The first-order valence-corrected chi connectivity index (χ1v) is 4.43. The summed E-state index contributed by atoms with van der Waals surface area (Å²) in [5.74, 6) is 3.55. The maximum Gasteiger partial charge on any atom is 0.119 e. The molecule has 1 rings (SSSR count). The summed E-state index contributed by atoms with van der Waals surface area (Å²) in [6, 6.07) is 8.10. The Morgan fingerprint density at radius 2 is 2.31 bits per heavy atom. The summed E-state index contributed by atoms with van der Waals surface area (Å²) in [5.41, 5.74) is 1.29. The highest BCUT2D eigenvalue weighted by Crippen LogP contribution is 2.14. The number of benzene rings is 1. The Bertz CT molecular complexity index is 296. The highest BCUT2D eigenvalue weighted by molar-refractivity contribution is 5.28. The van der Waals surface area contributed by atoms with Crippen LogP contribution in [0.2, 0.25) is 0 Å². The van der Waals surface area contributed by atoms with Crippen LogP contribution < -0.4 is 4.74 Å². The number of ether oxygens (including phenoxy) is 1. The van der Waals surface area contributed by atoms with Gasteiger partial charge in [-0.1, -0.05) is 12.1 Å². The summed E-state index contributed by atoms with van der Waals surface area (Å²) >= 11 is 0. The van der Waals surface area contributed by atoms with E-state index in [9.17, 15) is 0 Å². The Hall–Kier alpha value is -1.42. The van der Waals surface area contributed by atoms with Gasteiger partial charge in [0.1, 0.15) is 5.75 Å². The predicted octanol–water partition coefficient (Wildman–Crippen LogP) is 2.65. The van der Waals surface area contributed by atoms with Crippen LogP contribution in [0.15, 0.2) is 24.3 Å². The molecule has 1 nitrogen and oxygen atoms in total. The van der Waals surface area contributed by atoms with Gasteiger partial charge in [0.15, 0.2) is 0 Å². The van der Waals surface area contributed by atoms with Crippen molar-refractivity contribution >= 4 is 0 Å². The van der Waals surface area contributed by atoms with E-state index in [1.165, 1.54) is 5.56 Å². The summed E-state index contributed by atoms with van der Waals surface area (Å²) in [4.78, 5) is 0. The van der Waals surface area contributed by atoms with Gasteiger partial charge in [-0.25, -0.2) is 0 Å². The molecule has 1 aromatic rings. The lowest BCUT2D eigenvalue weighted by Gasteiger charge is -2.02. The Morgan fingerprint density at radius 1 is 1.46 bits per heavy atom. The van der Waals surface area contributed by atoms with Gasteiger partial charge in [0.25, 0.3) is 0 Å². The Balaban J connectivity index is 2.52. The molecule has 1 aromatic carbocycles. The summed E-state index contributed by atoms with van der Waals surface area (Å²) in [6.07, 6.45) is 8.09. The first kappa shape index (κ1) is 9.67. The minimum atomic E-state index is 0.844. The van der Waals surface area contributed by atoms with Crippen molar-refractivity contribution < 1.29 is 4.74 Å². The molecule has 0 atom stereocenters. The first-order valence-electron chi connectivity index (χ1n) is 4.43. The van der Waals surface area contributed by atoms with Gasteiger partial charge in [-0.3, -0.25) is 0 Å². The van der Waals surface area contributed by atoms with Crippen LogP contribution in [0.3, 0.4) is 0 Å². The number of unbranched alkanes of at least 4 members (excludes halogenated alkanes) is 1. The van der Waals surface area contributed by atoms with E-state index in [1.54, 1.807) is 7.11 Å². The standard InChI is InChI=1S/C12H14O/c1-3-4-5-7-11-8-6-9-12(10-11)13-2/h1,6,8-10H,4-5,7H2,2H3. The molecule has 0 unspecified atom stereocenters. The molecule has 0 radical (unpaired) electrons. The summed E-state index contributed by atoms with van der Waals surface area (Å²) in [5, 5.41) is 0. The van der Waals surface area contributed by atoms with E-state index in [-0.39, 0.29) is 0 Å². The first-order chi connectivity index (χ1) is 6.36. The molecule has 1 heteroatoms. The maximum atomic E-state index is 5.17. The van der Waals surface area contributed by atoms with E-state index in [0.717, 1.165) is 25.0 Å². The zero-order chi connectivity index (χ0) is 9.52. The Morgan fingerprint density at radius 3 is 3.00 bits per heavy atom. The van der Waals surface area contributed by atoms with Crippen molar-refractivity contribution in [1.82, 2.24) is 0 Å². The molecule has 0 aliphatic carbocycles. The summed E-state index contributed by atoms with van der Waals surface area (Å²) in [7, 11) is 1.68. The molecule has 0 aromatic heterocycles. The van der Waals surface area contributed by atoms with E-state index in [2.05, 4.69) is 18.1 Å². The third-order valence-corrected chi connectivity index (χ3v) is 1.92. The molecule has 0 aliphatic rings. The molecule has 13 heavy (non-hydrogen) atoms. The van der Waals surface area contributed by atoms with Gasteiger partial charge in [-0.2, -0.15) is 0 Å². The quantitative estimate of drug-likeness (QED) is 0.503. The second-order valence-electron chi connectivity index (χ2n) is 2.91. The van der Waals surface area contributed by atoms with Gasteiger partial charge >= 0.3 is 0 Å². The molecule has 0 aliphatic heterocycles. The lowest BCUT2D eigenvalue weighted by molar-refractivity contribution is 0.414. The van der Waals surface area contributed by atoms with Crippen molar-refractivity contribution in [2.75, 3.05) is 7.11 Å². The van der Waals surface area contributed by atoms with Crippen molar-refractivity contribution in [3.8, 4) is 18.1 Å². The van der Waals surface area contributed by atoms with Crippen LogP contribution in [0.4, 0.5) is 0 Å². The number of hydrogen-bond acceptors (Lipinski definition) is 1. The Kier molecular flexibility index (Phi) is 3.92. The minimum Gasteiger partial charge on any atom is -0.497 e. The molecular formula is C12H14O. The predicted molar refractivity (Wildman–Crippen MR) is 54.8 cm³/mol. The lowest BCUT2D eigenvalue weighted by atomic mass is 10.1. The maximum absolute atomic E-state index is 5.17. The monoisotopic (exact) mass is 174 g/mol. The number of hydrogen-bond donors (Lipinski definition) is 0. The minimum absolute atomic E-state index is 0.844. The van der Waals surface area contributed by atoms with Crippen molar-refractivity contribution in [3.63, 3.8) is 0 Å². The smallest absolute Gasteiger partial charge is 0.119 e. The molecule has 0 amide bonds. The number of aryl methyl sites for hydroxylation is 1. The highest BCUT2D eigenvalue weighted by Gasteiger charge is 1.94. The number of methoxy groups -OCH3 is 1.